The van der Waals surface area contributed by atoms with E-state index >= 15 is 0 Å². The summed E-state index contributed by atoms with van der Waals surface area (Å²) in [5, 5.41) is 6.42. The number of likely N-dealkylation sites (tertiary alicyclic amines) is 2. The standard InChI is InChI=1S/C35H50N4O4/c1-21(2)25-12-14-26(15-13-25)36-32(40)29-28-16-17-35(43-28)30(29)34(42)39(20-19-38-18-7-6-10-23(38)4)31(35)33(41)37-27-11-8-9-22(3)24(27)5/h12-17,21-24,27-31H,6-11,18-20H2,1-5H3,(H,36,40)(H,37,41)/t22?,23?,24?,27?,28-,29?,30-,31?,35?/m1/s1. The highest BCUT2D eigenvalue weighted by Gasteiger charge is 2.72. The highest BCUT2D eigenvalue weighted by atomic mass is 16.5. The van der Waals surface area contributed by atoms with Crippen molar-refractivity contribution in [3.63, 3.8) is 0 Å². The van der Waals surface area contributed by atoms with Crippen molar-refractivity contribution in [2.75, 3.05) is 25.0 Å². The van der Waals surface area contributed by atoms with Gasteiger partial charge in [0.15, 0.2) is 0 Å². The fraction of sp³-hybridized carbons (Fsp3) is 0.686. The minimum Gasteiger partial charge on any atom is -0.359 e. The summed E-state index contributed by atoms with van der Waals surface area (Å²) in [6, 6.07) is 7.61. The Kier molecular flexibility index (Phi) is 8.46. The molecule has 4 heterocycles. The Morgan fingerprint density at radius 2 is 1.77 bits per heavy atom. The molecule has 1 saturated carbocycles. The predicted octanol–water partition coefficient (Wildman–Crippen LogP) is 4.71. The molecule has 4 aliphatic heterocycles. The first-order chi connectivity index (χ1) is 20.6. The van der Waals surface area contributed by atoms with Crippen LogP contribution >= 0.6 is 0 Å². The number of anilines is 1. The number of hydrogen-bond donors (Lipinski definition) is 2. The molecule has 8 heteroatoms. The lowest BCUT2D eigenvalue weighted by molar-refractivity contribution is -0.142. The van der Waals surface area contributed by atoms with Gasteiger partial charge < -0.3 is 20.3 Å². The molecule has 0 radical (unpaired) electrons. The van der Waals surface area contributed by atoms with Gasteiger partial charge in [-0.2, -0.15) is 0 Å². The zero-order valence-electron chi connectivity index (χ0n) is 26.6. The third-order valence-corrected chi connectivity index (χ3v) is 11.4. The maximum atomic E-state index is 14.4. The molecule has 1 aliphatic carbocycles. The third-order valence-electron chi connectivity index (χ3n) is 11.4. The topological polar surface area (TPSA) is 91.0 Å². The minimum atomic E-state index is -1.13. The van der Waals surface area contributed by atoms with Gasteiger partial charge in [0.25, 0.3) is 0 Å². The molecular formula is C35H50N4O4. The van der Waals surface area contributed by atoms with Crippen LogP contribution in [0.1, 0.15) is 84.6 Å². The summed E-state index contributed by atoms with van der Waals surface area (Å²) in [7, 11) is 0. The van der Waals surface area contributed by atoms with E-state index in [9.17, 15) is 14.4 Å². The minimum absolute atomic E-state index is 0.0706. The molecule has 43 heavy (non-hydrogen) atoms. The Bertz CT molecular complexity index is 1250. The van der Waals surface area contributed by atoms with Crippen LogP contribution in [0, 0.1) is 23.7 Å². The van der Waals surface area contributed by atoms with Crippen molar-refractivity contribution in [3.05, 3.63) is 42.0 Å². The lowest BCUT2D eigenvalue weighted by Crippen LogP contribution is -2.58. The Morgan fingerprint density at radius 1 is 1.00 bits per heavy atom. The fourth-order valence-corrected chi connectivity index (χ4v) is 8.46. The molecule has 9 atom stereocenters. The lowest BCUT2D eigenvalue weighted by atomic mass is 9.73. The molecular weight excluding hydrogens is 540 g/mol. The van der Waals surface area contributed by atoms with Gasteiger partial charge in [0.2, 0.25) is 17.7 Å². The van der Waals surface area contributed by atoms with Crippen molar-refractivity contribution in [1.82, 2.24) is 15.1 Å². The molecule has 2 N–H and O–H groups in total. The highest BCUT2D eigenvalue weighted by Crippen LogP contribution is 2.55. The van der Waals surface area contributed by atoms with Crippen molar-refractivity contribution in [2.24, 2.45) is 23.7 Å². The largest absolute Gasteiger partial charge is 0.359 e. The number of rotatable bonds is 8. The third kappa shape index (κ3) is 5.43. The number of nitrogens with zero attached hydrogens (tertiary/aromatic N) is 2. The second kappa shape index (κ2) is 12.0. The summed E-state index contributed by atoms with van der Waals surface area (Å²) in [6.45, 7) is 13.2. The first kappa shape index (κ1) is 30.3. The molecule has 8 nitrogen and oxygen atoms in total. The van der Waals surface area contributed by atoms with Crippen LogP contribution in [0.3, 0.4) is 0 Å². The Labute approximate surface area is 257 Å². The average Bonchev–Trinajstić information content (AvgIpc) is 3.62. The van der Waals surface area contributed by atoms with Crippen LogP contribution in [0.25, 0.3) is 0 Å². The van der Waals surface area contributed by atoms with E-state index in [1.54, 1.807) is 4.90 Å². The van der Waals surface area contributed by atoms with Gasteiger partial charge in [-0.05, 0) is 68.2 Å². The monoisotopic (exact) mass is 590 g/mol. The molecule has 1 aromatic rings. The average molecular weight is 591 g/mol. The van der Waals surface area contributed by atoms with Crippen molar-refractivity contribution < 1.29 is 19.1 Å². The maximum absolute atomic E-state index is 14.4. The number of ether oxygens (including phenoxy) is 1. The maximum Gasteiger partial charge on any atom is 0.246 e. The number of nitrogens with one attached hydrogen (secondary N) is 2. The van der Waals surface area contributed by atoms with E-state index in [4.69, 9.17) is 4.74 Å². The number of piperidine rings is 1. The van der Waals surface area contributed by atoms with E-state index in [-0.39, 0.29) is 23.8 Å². The first-order valence-electron chi connectivity index (χ1n) is 16.7. The second-order valence-corrected chi connectivity index (χ2v) is 14.3. The van der Waals surface area contributed by atoms with Crippen molar-refractivity contribution in [1.29, 1.82) is 0 Å². The molecule has 234 valence electrons. The van der Waals surface area contributed by atoms with Gasteiger partial charge in [-0.25, -0.2) is 0 Å². The van der Waals surface area contributed by atoms with Gasteiger partial charge in [-0.1, -0.05) is 71.2 Å². The molecule has 3 saturated heterocycles. The summed E-state index contributed by atoms with van der Waals surface area (Å²) in [4.78, 5) is 46.7. The van der Waals surface area contributed by atoms with E-state index in [1.165, 1.54) is 18.4 Å². The highest BCUT2D eigenvalue weighted by molar-refractivity contribution is 6.02. The molecule has 1 spiro atoms. The molecule has 7 unspecified atom stereocenters. The molecule has 0 aromatic heterocycles. The van der Waals surface area contributed by atoms with E-state index in [2.05, 4.69) is 50.2 Å². The normalized spacial score (nSPS) is 37.2. The van der Waals surface area contributed by atoms with Crippen molar-refractivity contribution in [2.45, 2.75) is 109 Å². The summed E-state index contributed by atoms with van der Waals surface area (Å²) in [6.07, 6.45) is 10.0. The van der Waals surface area contributed by atoms with Crippen LogP contribution in [0.15, 0.2) is 36.4 Å². The molecule has 4 fully saturated rings. The Balaban J connectivity index is 1.26. The molecule has 2 bridgehead atoms. The Morgan fingerprint density at radius 3 is 2.49 bits per heavy atom. The molecule has 1 aromatic carbocycles. The van der Waals surface area contributed by atoms with Gasteiger partial charge in [0.1, 0.15) is 11.6 Å². The van der Waals surface area contributed by atoms with Gasteiger partial charge in [0, 0.05) is 30.9 Å². The zero-order valence-corrected chi connectivity index (χ0v) is 26.6. The van der Waals surface area contributed by atoms with E-state index in [0.717, 1.165) is 32.2 Å². The van der Waals surface area contributed by atoms with Crippen LogP contribution in [0.2, 0.25) is 0 Å². The first-order valence-corrected chi connectivity index (χ1v) is 16.7. The van der Waals surface area contributed by atoms with Crippen LogP contribution in [-0.4, -0.2) is 77.0 Å². The molecule has 6 rings (SSSR count). The van der Waals surface area contributed by atoms with Gasteiger partial charge >= 0.3 is 0 Å². The molecule has 3 amide bonds. The van der Waals surface area contributed by atoms with Crippen LogP contribution < -0.4 is 10.6 Å². The van der Waals surface area contributed by atoms with Gasteiger partial charge in [-0.15, -0.1) is 0 Å². The van der Waals surface area contributed by atoms with Crippen molar-refractivity contribution in [3.8, 4) is 0 Å². The quantitative estimate of drug-likeness (QED) is 0.428. The number of hydrogen-bond acceptors (Lipinski definition) is 5. The van der Waals surface area contributed by atoms with E-state index < -0.39 is 29.6 Å². The summed E-state index contributed by atoms with van der Waals surface area (Å²) in [5.74, 6) is -0.643. The van der Waals surface area contributed by atoms with Crippen LogP contribution in [0.4, 0.5) is 5.69 Å². The number of carbonyl (C=O) groups is 3. The number of carbonyl (C=O) groups excluding carboxylic acids is 3. The number of benzene rings is 1. The van der Waals surface area contributed by atoms with Gasteiger partial charge in [-0.3, -0.25) is 19.3 Å². The SMILES string of the molecule is CC(C)c1ccc(NC(=O)C2[C@H]3C=CC4(O3)C(C(=O)NC3CCCC(C)C3C)N(CCN3CCCCC3C)C(=O)[C@@H]24)cc1. The number of fused-ring (bicyclic) bond motifs is 1. The molecule has 5 aliphatic rings. The Hall–Kier alpha value is -2.71. The van der Waals surface area contributed by atoms with Crippen LogP contribution in [0.5, 0.6) is 0 Å². The smallest absolute Gasteiger partial charge is 0.246 e. The van der Waals surface area contributed by atoms with Gasteiger partial charge in [0.05, 0.1) is 17.9 Å². The van der Waals surface area contributed by atoms with E-state index in [0.29, 0.717) is 42.6 Å². The zero-order chi connectivity index (χ0) is 30.5. The number of amides is 3. The summed E-state index contributed by atoms with van der Waals surface area (Å²) < 4.78 is 6.58. The van der Waals surface area contributed by atoms with Crippen molar-refractivity contribution >= 4 is 23.4 Å². The van der Waals surface area contributed by atoms with Crippen LogP contribution in [-0.2, 0) is 19.1 Å². The fourth-order valence-electron chi connectivity index (χ4n) is 8.46. The summed E-state index contributed by atoms with van der Waals surface area (Å²) >= 11 is 0. The second-order valence-electron chi connectivity index (χ2n) is 14.3. The lowest BCUT2D eigenvalue weighted by Gasteiger charge is -2.39. The summed E-state index contributed by atoms with van der Waals surface area (Å²) in [5.41, 5.74) is 0.765. The van der Waals surface area contributed by atoms with E-state index in [1.807, 2.05) is 36.4 Å². The predicted molar refractivity (Wildman–Crippen MR) is 167 cm³/mol.